The van der Waals surface area contributed by atoms with Crippen LogP contribution in [0.5, 0.6) is 0 Å². The Morgan fingerprint density at radius 2 is 1.54 bits per heavy atom. The second-order valence-electron chi connectivity index (χ2n) is 3.02. The standard InChI is InChI=1S/C10H23O2Si/c1-5-9-10-13(8-4,11-6-2)12-7-3/h10H,5-9H2,1-4H3. The molecule has 0 unspecified atom stereocenters. The van der Waals surface area contributed by atoms with Crippen molar-refractivity contribution in [3.63, 3.8) is 0 Å². The zero-order chi connectivity index (χ0) is 10.2. The third kappa shape index (κ3) is 4.79. The smallest absolute Gasteiger partial charge is 0.341 e. The molecular weight excluding hydrogens is 180 g/mol. The topological polar surface area (TPSA) is 18.5 Å². The summed E-state index contributed by atoms with van der Waals surface area (Å²) in [6.45, 7) is 9.94. The highest BCUT2D eigenvalue weighted by Crippen LogP contribution is 2.19. The zero-order valence-electron chi connectivity index (χ0n) is 9.43. The summed E-state index contributed by atoms with van der Waals surface area (Å²) >= 11 is 0. The first kappa shape index (κ1) is 13.1. The largest absolute Gasteiger partial charge is 0.394 e. The summed E-state index contributed by atoms with van der Waals surface area (Å²) in [6, 6.07) is 3.31. The van der Waals surface area contributed by atoms with E-state index in [9.17, 15) is 0 Å². The van der Waals surface area contributed by atoms with Gasteiger partial charge in [-0.25, -0.2) is 0 Å². The number of unbranched alkanes of at least 4 members (excludes halogenated alkanes) is 1. The van der Waals surface area contributed by atoms with Gasteiger partial charge in [0.15, 0.2) is 0 Å². The summed E-state index contributed by atoms with van der Waals surface area (Å²) in [5.74, 6) is 0. The summed E-state index contributed by atoms with van der Waals surface area (Å²) in [6.07, 6.45) is 2.29. The van der Waals surface area contributed by atoms with E-state index >= 15 is 0 Å². The fourth-order valence-electron chi connectivity index (χ4n) is 1.36. The molecule has 0 N–H and O–H groups in total. The van der Waals surface area contributed by atoms with Crippen LogP contribution in [-0.2, 0) is 8.85 Å². The van der Waals surface area contributed by atoms with E-state index in [-0.39, 0.29) is 0 Å². The first-order chi connectivity index (χ1) is 6.24. The third-order valence-corrected chi connectivity index (χ3v) is 5.47. The fraction of sp³-hybridized carbons (Fsp3) is 0.900. The van der Waals surface area contributed by atoms with Crippen molar-refractivity contribution >= 4 is 8.56 Å². The summed E-state index contributed by atoms with van der Waals surface area (Å²) < 4.78 is 11.6. The summed E-state index contributed by atoms with van der Waals surface area (Å²) in [4.78, 5) is 0. The molecule has 0 rings (SSSR count). The number of hydrogen-bond donors (Lipinski definition) is 0. The van der Waals surface area contributed by atoms with Gasteiger partial charge in [0.2, 0.25) is 0 Å². The van der Waals surface area contributed by atoms with E-state index in [4.69, 9.17) is 8.85 Å². The van der Waals surface area contributed by atoms with Crippen molar-refractivity contribution in [1.82, 2.24) is 0 Å². The Labute approximate surface area is 83.9 Å². The van der Waals surface area contributed by atoms with Gasteiger partial charge in [0.05, 0.1) is 0 Å². The molecule has 0 amide bonds. The quantitative estimate of drug-likeness (QED) is 0.564. The van der Waals surface area contributed by atoms with Gasteiger partial charge in [-0.15, -0.1) is 0 Å². The molecule has 0 fully saturated rings. The molecule has 79 valence electrons. The van der Waals surface area contributed by atoms with E-state index in [0.29, 0.717) is 0 Å². The first-order valence-corrected chi connectivity index (χ1v) is 7.47. The van der Waals surface area contributed by atoms with Crippen LogP contribution in [0.1, 0.15) is 40.5 Å². The molecule has 0 aliphatic heterocycles. The van der Waals surface area contributed by atoms with E-state index in [0.717, 1.165) is 25.7 Å². The molecule has 0 heterocycles. The van der Waals surface area contributed by atoms with Gasteiger partial charge in [-0.2, -0.15) is 0 Å². The molecule has 0 aliphatic carbocycles. The van der Waals surface area contributed by atoms with Crippen molar-refractivity contribution in [2.45, 2.75) is 46.6 Å². The zero-order valence-corrected chi connectivity index (χ0v) is 10.4. The van der Waals surface area contributed by atoms with E-state index in [2.05, 4.69) is 19.9 Å². The lowest BCUT2D eigenvalue weighted by Gasteiger charge is -2.28. The molecule has 0 aromatic carbocycles. The lowest BCUT2D eigenvalue weighted by atomic mass is 10.4. The highest BCUT2D eigenvalue weighted by Gasteiger charge is 2.34. The van der Waals surface area contributed by atoms with Crippen LogP contribution in [-0.4, -0.2) is 21.8 Å². The van der Waals surface area contributed by atoms with Gasteiger partial charge in [-0.3, -0.25) is 0 Å². The van der Waals surface area contributed by atoms with E-state index in [1.807, 2.05) is 13.8 Å². The Balaban J connectivity index is 4.07. The van der Waals surface area contributed by atoms with Crippen LogP contribution in [0.15, 0.2) is 0 Å². The van der Waals surface area contributed by atoms with Crippen molar-refractivity contribution in [3.8, 4) is 0 Å². The average molecular weight is 203 g/mol. The van der Waals surface area contributed by atoms with Crippen LogP contribution in [0.25, 0.3) is 0 Å². The second-order valence-corrected chi connectivity index (χ2v) is 6.34. The van der Waals surface area contributed by atoms with Gasteiger partial charge >= 0.3 is 8.56 Å². The average Bonchev–Trinajstić information content (AvgIpc) is 2.15. The van der Waals surface area contributed by atoms with E-state index in [1.165, 1.54) is 6.42 Å². The minimum Gasteiger partial charge on any atom is -0.394 e. The number of hydrogen-bond acceptors (Lipinski definition) is 2. The van der Waals surface area contributed by atoms with Gasteiger partial charge in [0.25, 0.3) is 0 Å². The lowest BCUT2D eigenvalue weighted by Crippen LogP contribution is -2.42. The molecule has 2 nitrogen and oxygen atoms in total. The highest BCUT2D eigenvalue weighted by molar-refractivity contribution is 6.71. The van der Waals surface area contributed by atoms with Crippen molar-refractivity contribution in [3.05, 3.63) is 6.04 Å². The molecule has 0 bridgehead atoms. The molecule has 0 spiro atoms. The second kappa shape index (κ2) is 7.53. The molecule has 0 saturated heterocycles. The normalized spacial score (nSPS) is 12.0. The Kier molecular flexibility index (Phi) is 7.61. The Hall–Kier alpha value is 0.137. The van der Waals surface area contributed by atoms with Crippen molar-refractivity contribution < 1.29 is 8.85 Å². The number of rotatable bonds is 8. The summed E-state index contributed by atoms with van der Waals surface area (Å²) in [7, 11) is -1.92. The van der Waals surface area contributed by atoms with Crippen molar-refractivity contribution in [2.75, 3.05) is 13.2 Å². The summed E-state index contributed by atoms with van der Waals surface area (Å²) in [5.41, 5.74) is 0. The Morgan fingerprint density at radius 3 is 1.85 bits per heavy atom. The van der Waals surface area contributed by atoms with E-state index in [1.54, 1.807) is 0 Å². The van der Waals surface area contributed by atoms with Gasteiger partial charge in [-0.1, -0.05) is 20.3 Å². The minimum atomic E-state index is -1.92. The first-order valence-electron chi connectivity index (χ1n) is 5.36. The maximum Gasteiger partial charge on any atom is 0.341 e. The predicted molar refractivity (Wildman–Crippen MR) is 58.7 cm³/mol. The van der Waals surface area contributed by atoms with Crippen LogP contribution >= 0.6 is 0 Å². The molecule has 13 heavy (non-hydrogen) atoms. The molecule has 3 heteroatoms. The maximum absolute atomic E-state index is 5.78. The molecule has 0 aliphatic rings. The van der Waals surface area contributed by atoms with Crippen molar-refractivity contribution in [2.24, 2.45) is 0 Å². The lowest BCUT2D eigenvalue weighted by molar-refractivity contribution is 0.190. The maximum atomic E-state index is 5.78. The molecule has 0 atom stereocenters. The van der Waals surface area contributed by atoms with Gasteiger partial charge in [0, 0.05) is 19.3 Å². The van der Waals surface area contributed by atoms with E-state index < -0.39 is 8.56 Å². The molecule has 0 saturated carbocycles. The van der Waals surface area contributed by atoms with Crippen LogP contribution < -0.4 is 0 Å². The molecule has 0 aromatic heterocycles. The Morgan fingerprint density at radius 1 is 1.00 bits per heavy atom. The highest BCUT2D eigenvalue weighted by atomic mass is 28.4. The van der Waals surface area contributed by atoms with Crippen LogP contribution in [0.2, 0.25) is 6.04 Å². The minimum absolute atomic E-state index is 0.764. The fourth-order valence-corrected chi connectivity index (χ4v) is 4.08. The monoisotopic (exact) mass is 203 g/mol. The molecule has 1 radical (unpaired) electrons. The SMILES string of the molecule is CCC[CH][Si](CC)(OCC)OCC. The van der Waals surface area contributed by atoms with Crippen molar-refractivity contribution in [1.29, 1.82) is 0 Å². The molecule has 0 aromatic rings. The van der Waals surface area contributed by atoms with Crippen LogP contribution in [0, 0.1) is 6.04 Å². The molecular formula is C10H23O2Si. The third-order valence-electron chi connectivity index (χ3n) is 2.01. The van der Waals surface area contributed by atoms with Gasteiger partial charge in [-0.05, 0) is 26.3 Å². The Bertz CT molecular complexity index is 111. The van der Waals surface area contributed by atoms with Gasteiger partial charge in [0.1, 0.15) is 0 Å². The van der Waals surface area contributed by atoms with Crippen LogP contribution in [0.4, 0.5) is 0 Å². The summed E-state index contributed by atoms with van der Waals surface area (Å²) in [5, 5.41) is 0. The predicted octanol–water partition coefficient (Wildman–Crippen LogP) is 3.07. The van der Waals surface area contributed by atoms with Gasteiger partial charge < -0.3 is 8.85 Å². The van der Waals surface area contributed by atoms with Crippen LogP contribution in [0.3, 0.4) is 0 Å².